The summed E-state index contributed by atoms with van der Waals surface area (Å²) in [6.45, 7) is 10.6. The largest absolute Gasteiger partial charge is 0.498 e. The van der Waals surface area contributed by atoms with E-state index in [0.717, 1.165) is 10.8 Å². The van der Waals surface area contributed by atoms with Crippen LogP contribution in [0.15, 0.2) is 29.2 Å². The van der Waals surface area contributed by atoms with E-state index >= 15 is 0 Å². The SMILES string of the molecule is CCn1ccc2cc(B3OC(C)(C)C(C)(C)O3)c(OC)cc2c1=O. The van der Waals surface area contributed by atoms with Crippen LogP contribution in [0.5, 0.6) is 5.75 Å². The zero-order valence-corrected chi connectivity index (χ0v) is 15.2. The molecule has 1 aliphatic heterocycles. The molecule has 1 aromatic heterocycles. The number of hydrogen-bond donors (Lipinski definition) is 0. The molecule has 2 aromatic rings. The first-order chi connectivity index (χ1) is 11.2. The van der Waals surface area contributed by atoms with Gasteiger partial charge < -0.3 is 18.6 Å². The fourth-order valence-electron chi connectivity index (χ4n) is 2.91. The molecule has 0 unspecified atom stereocenters. The van der Waals surface area contributed by atoms with E-state index in [-0.39, 0.29) is 5.56 Å². The Bertz CT molecular complexity index is 825. The molecule has 128 valence electrons. The molecule has 2 heterocycles. The maximum atomic E-state index is 12.5. The summed E-state index contributed by atoms with van der Waals surface area (Å²) in [6.07, 6.45) is 1.81. The molecule has 0 bridgehead atoms. The number of aryl methyl sites for hydroxylation is 1. The monoisotopic (exact) mass is 329 g/mol. The van der Waals surface area contributed by atoms with E-state index in [1.165, 1.54) is 0 Å². The molecule has 0 N–H and O–H groups in total. The first-order valence-corrected chi connectivity index (χ1v) is 8.27. The third-order valence-corrected chi connectivity index (χ3v) is 5.18. The van der Waals surface area contributed by atoms with Gasteiger partial charge in [-0.2, -0.15) is 0 Å². The zero-order chi connectivity index (χ0) is 17.7. The molecule has 0 saturated carbocycles. The van der Waals surface area contributed by atoms with Crippen molar-refractivity contribution in [3.05, 3.63) is 34.7 Å². The van der Waals surface area contributed by atoms with Gasteiger partial charge in [0, 0.05) is 18.2 Å². The summed E-state index contributed by atoms with van der Waals surface area (Å²) in [5.41, 5.74) is -0.0713. The third-order valence-electron chi connectivity index (χ3n) is 5.18. The van der Waals surface area contributed by atoms with Gasteiger partial charge in [-0.3, -0.25) is 4.79 Å². The standard InChI is InChI=1S/C18H24BNO4/c1-7-20-9-8-12-10-14(15(22-6)11-13(12)16(20)21)19-23-17(2,3)18(4,5)24-19/h8-11H,7H2,1-6H3. The minimum atomic E-state index is -0.525. The highest BCUT2D eigenvalue weighted by molar-refractivity contribution is 6.63. The van der Waals surface area contributed by atoms with Crippen LogP contribution in [0.2, 0.25) is 0 Å². The molecule has 1 fully saturated rings. The van der Waals surface area contributed by atoms with Crippen molar-refractivity contribution in [1.82, 2.24) is 4.57 Å². The van der Waals surface area contributed by atoms with Crippen molar-refractivity contribution < 1.29 is 14.0 Å². The Morgan fingerprint density at radius 3 is 2.33 bits per heavy atom. The van der Waals surface area contributed by atoms with Gasteiger partial charge >= 0.3 is 7.12 Å². The maximum Gasteiger partial charge on any atom is 0.498 e. The lowest BCUT2D eigenvalue weighted by Crippen LogP contribution is -2.41. The Morgan fingerprint density at radius 1 is 1.17 bits per heavy atom. The van der Waals surface area contributed by atoms with E-state index in [1.807, 2.05) is 52.9 Å². The summed E-state index contributed by atoms with van der Waals surface area (Å²) in [4.78, 5) is 12.5. The molecule has 3 rings (SSSR count). The Morgan fingerprint density at radius 2 is 1.79 bits per heavy atom. The minimum absolute atomic E-state index is 0.0197. The molecule has 24 heavy (non-hydrogen) atoms. The fraction of sp³-hybridized carbons (Fsp3) is 0.500. The number of nitrogens with zero attached hydrogens (tertiary/aromatic N) is 1. The number of fused-ring (bicyclic) bond motifs is 1. The Kier molecular flexibility index (Phi) is 4.01. The lowest BCUT2D eigenvalue weighted by Gasteiger charge is -2.32. The highest BCUT2D eigenvalue weighted by Gasteiger charge is 2.52. The fourth-order valence-corrected chi connectivity index (χ4v) is 2.91. The van der Waals surface area contributed by atoms with Crippen molar-refractivity contribution in [3.8, 4) is 5.75 Å². The highest BCUT2D eigenvalue weighted by atomic mass is 16.7. The van der Waals surface area contributed by atoms with Gasteiger partial charge in [0.1, 0.15) is 5.75 Å². The van der Waals surface area contributed by atoms with Crippen molar-refractivity contribution in [3.63, 3.8) is 0 Å². The van der Waals surface area contributed by atoms with Crippen molar-refractivity contribution in [1.29, 1.82) is 0 Å². The van der Waals surface area contributed by atoms with Crippen molar-refractivity contribution >= 4 is 23.4 Å². The van der Waals surface area contributed by atoms with E-state index in [1.54, 1.807) is 17.7 Å². The van der Waals surface area contributed by atoms with Crippen LogP contribution in [-0.4, -0.2) is 30.0 Å². The lowest BCUT2D eigenvalue weighted by atomic mass is 9.77. The van der Waals surface area contributed by atoms with Crippen LogP contribution < -0.4 is 15.8 Å². The van der Waals surface area contributed by atoms with Crippen LogP contribution in [0.4, 0.5) is 0 Å². The summed E-state index contributed by atoms with van der Waals surface area (Å²) in [5, 5.41) is 1.49. The van der Waals surface area contributed by atoms with Crippen LogP contribution in [0.3, 0.4) is 0 Å². The molecule has 1 saturated heterocycles. The lowest BCUT2D eigenvalue weighted by molar-refractivity contribution is 0.00578. The zero-order valence-electron chi connectivity index (χ0n) is 15.2. The smallest absolute Gasteiger partial charge is 0.497 e. The molecule has 0 amide bonds. The highest BCUT2D eigenvalue weighted by Crippen LogP contribution is 2.37. The van der Waals surface area contributed by atoms with Gasteiger partial charge in [0.15, 0.2) is 0 Å². The molecule has 1 aromatic carbocycles. The molecule has 0 atom stereocenters. The van der Waals surface area contributed by atoms with E-state index in [4.69, 9.17) is 14.0 Å². The number of pyridine rings is 1. The second kappa shape index (κ2) is 5.64. The van der Waals surface area contributed by atoms with Crippen molar-refractivity contribution in [2.24, 2.45) is 0 Å². The van der Waals surface area contributed by atoms with Gasteiger partial charge in [-0.05, 0) is 52.1 Å². The number of hydrogen-bond acceptors (Lipinski definition) is 4. The molecule has 0 spiro atoms. The average Bonchev–Trinajstić information content (AvgIpc) is 2.74. The van der Waals surface area contributed by atoms with Crippen LogP contribution in [0, 0.1) is 0 Å². The van der Waals surface area contributed by atoms with Gasteiger partial charge in [0.2, 0.25) is 0 Å². The Hall–Kier alpha value is -1.79. The second-order valence-corrected chi connectivity index (χ2v) is 7.18. The van der Waals surface area contributed by atoms with E-state index in [2.05, 4.69) is 0 Å². The molecule has 6 heteroatoms. The summed E-state index contributed by atoms with van der Waals surface area (Å²) in [7, 11) is 1.07. The van der Waals surface area contributed by atoms with Gasteiger partial charge in [0.25, 0.3) is 5.56 Å². The normalized spacial score (nSPS) is 19.0. The van der Waals surface area contributed by atoms with E-state index < -0.39 is 18.3 Å². The second-order valence-electron chi connectivity index (χ2n) is 7.18. The quantitative estimate of drug-likeness (QED) is 0.811. The van der Waals surface area contributed by atoms with Crippen molar-refractivity contribution in [2.45, 2.75) is 52.4 Å². The number of methoxy groups -OCH3 is 1. The summed E-state index contributed by atoms with van der Waals surface area (Å²) < 4.78 is 19.5. The van der Waals surface area contributed by atoms with Gasteiger partial charge in [-0.25, -0.2) is 0 Å². The predicted octanol–water partition coefficient (Wildman–Crippen LogP) is 2.33. The molecule has 0 aliphatic carbocycles. The maximum absolute atomic E-state index is 12.5. The van der Waals surface area contributed by atoms with Gasteiger partial charge in [-0.15, -0.1) is 0 Å². The third kappa shape index (κ3) is 2.54. The molecular formula is C18H24BNO4. The molecule has 0 radical (unpaired) electrons. The van der Waals surface area contributed by atoms with Crippen LogP contribution in [-0.2, 0) is 15.9 Å². The predicted molar refractivity (Wildman–Crippen MR) is 96.2 cm³/mol. The molecular weight excluding hydrogens is 305 g/mol. The number of ether oxygens (including phenoxy) is 1. The Labute approximate surface area is 142 Å². The number of aromatic nitrogens is 1. The van der Waals surface area contributed by atoms with Crippen LogP contribution in [0.25, 0.3) is 10.8 Å². The summed E-state index contributed by atoms with van der Waals surface area (Å²) >= 11 is 0. The summed E-state index contributed by atoms with van der Waals surface area (Å²) in [5.74, 6) is 0.604. The average molecular weight is 329 g/mol. The first-order valence-electron chi connectivity index (χ1n) is 8.27. The van der Waals surface area contributed by atoms with E-state index in [0.29, 0.717) is 17.7 Å². The molecule has 1 aliphatic rings. The number of rotatable bonds is 3. The summed E-state index contributed by atoms with van der Waals surface area (Å²) in [6, 6.07) is 5.65. The number of benzene rings is 1. The minimum Gasteiger partial charge on any atom is -0.497 e. The Balaban J connectivity index is 2.14. The van der Waals surface area contributed by atoms with Crippen molar-refractivity contribution in [2.75, 3.05) is 7.11 Å². The first kappa shape index (κ1) is 17.1. The van der Waals surface area contributed by atoms with Gasteiger partial charge in [-0.1, -0.05) is 6.07 Å². The van der Waals surface area contributed by atoms with Crippen LogP contribution in [0.1, 0.15) is 34.6 Å². The molecule has 5 nitrogen and oxygen atoms in total. The van der Waals surface area contributed by atoms with E-state index in [9.17, 15) is 4.79 Å². The van der Waals surface area contributed by atoms with Crippen LogP contribution >= 0.6 is 0 Å². The topological polar surface area (TPSA) is 49.7 Å². The van der Waals surface area contributed by atoms with Gasteiger partial charge in [0.05, 0.1) is 23.7 Å².